The van der Waals surface area contributed by atoms with Crippen LogP contribution in [0.4, 0.5) is 5.82 Å². The van der Waals surface area contributed by atoms with Gasteiger partial charge in [-0.05, 0) is 48.4 Å². The minimum atomic E-state index is -1.20. The van der Waals surface area contributed by atoms with Crippen molar-refractivity contribution in [1.82, 2.24) is 9.55 Å². The van der Waals surface area contributed by atoms with Crippen LogP contribution in [0.25, 0.3) is 0 Å². The third-order valence-corrected chi connectivity index (χ3v) is 8.52. The van der Waals surface area contributed by atoms with Crippen molar-refractivity contribution in [2.75, 3.05) is 26.1 Å². The second-order valence-electron chi connectivity index (χ2n) is 11.5. The SMILES string of the molecule is COc1cccc(C(OC[C@H]2O[C@@H](n3cc(C)c(NC(=O)c4ccccc4)nc3=O)C[C@@H]2O)(c2ccccc2)c2ccccc2OC)c1. The molecule has 10 heteroatoms. The maximum absolute atomic E-state index is 13.2. The average Bonchev–Trinajstić information content (AvgIpc) is 3.50. The first kappa shape index (κ1) is 32.6. The number of aromatic nitrogens is 2. The number of methoxy groups -OCH3 is 2. The Bertz CT molecular complexity index is 1930. The number of amides is 1. The van der Waals surface area contributed by atoms with Gasteiger partial charge in [-0.3, -0.25) is 9.36 Å². The molecule has 246 valence electrons. The summed E-state index contributed by atoms with van der Waals surface area (Å²) in [5.74, 6) is 1.05. The molecule has 0 bridgehead atoms. The van der Waals surface area contributed by atoms with Gasteiger partial charge in [0.15, 0.2) is 0 Å². The summed E-state index contributed by atoms with van der Waals surface area (Å²) in [5, 5.41) is 13.9. The lowest BCUT2D eigenvalue weighted by molar-refractivity contribution is -0.0948. The number of carbonyl (C=O) groups is 1. The normalized spacial score (nSPS) is 18.5. The van der Waals surface area contributed by atoms with E-state index in [9.17, 15) is 14.7 Å². The second-order valence-corrected chi connectivity index (χ2v) is 11.5. The van der Waals surface area contributed by atoms with Gasteiger partial charge in [-0.2, -0.15) is 4.98 Å². The lowest BCUT2D eigenvalue weighted by Crippen LogP contribution is -2.38. The minimum absolute atomic E-state index is 0.0335. The van der Waals surface area contributed by atoms with Crippen molar-refractivity contribution in [2.24, 2.45) is 0 Å². The van der Waals surface area contributed by atoms with Gasteiger partial charge in [-0.1, -0.05) is 78.9 Å². The van der Waals surface area contributed by atoms with Gasteiger partial charge in [0.05, 0.1) is 26.9 Å². The van der Waals surface area contributed by atoms with E-state index in [4.69, 9.17) is 18.9 Å². The van der Waals surface area contributed by atoms with Crippen molar-refractivity contribution in [2.45, 2.75) is 37.4 Å². The zero-order valence-electron chi connectivity index (χ0n) is 26.9. The number of aliphatic hydroxyl groups is 1. The van der Waals surface area contributed by atoms with Gasteiger partial charge in [0, 0.05) is 29.3 Å². The van der Waals surface area contributed by atoms with Gasteiger partial charge in [0.2, 0.25) is 0 Å². The molecule has 1 amide bonds. The third kappa shape index (κ3) is 6.46. The first-order valence-corrected chi connectivity index (χ1v) is 15.6. The summed E-state index contributed by atoms with van der Waals surface area (Å²) in [7, 11) is 3.22. The summed E-state index contributed by atoms with van der Waals surface area (Å²) in [4.78, 5) is 30.0. The predicted molar refractivity (Wildman–Crippen MR) is 180 cm³/mol. The van der Waals surface area contributed by atoms with Crippen LogP contribution in [0, 0.1) is 6.92 Å². The quantitative estimate of drug-likeness (QED) is 0.181. The minimum Gasteiger partial charge on any atom is -0.497 e. The molecular weight excluding hydrogens is 610 g/mol. The molecule has 48 heavy (non-hydrogen) atoms. The smallest absolute Gasteiger partial charge is 0.351 e. The highest BCUT2D eigenvalue weighted by Gasteiger charge is 2.43. The van der Waals surface area contributed by atoms with Crippen molar-refractivity contribution in [3.63, 3.8) is 0 Å². The Morgan fingerprint density at radius 2 is 1.62 bits per heavy atom. The van der Waals surface area contributed by atoms with E-state index < -0.39 is 29.7 Å². The Morgan fingerprint density at radius 1 is 0.938 bits per heavy atom. The van der Waals surface area contributed by atoms with E-state index in [1.54, 1.807) is 51.6 Å². The molecule has 4 atom stereocenters. The second kappa shape index (κ2) is 14.2. The van der Waals surface area contributed by atoms with E-state index in [1.165, 1.54) is 4.57 Å². The Hall–Kier alpha value is -5.29. The molecule has 1 fully saturated rings. The molecule has 0 radical (unpaired) electrons. The number of carbonyl (C=O) groups excluding carboxylic acids is 1. The summed E-state index contributed by atoms with van der Waals surface area (Å²) in [5.41, 5.74) is 1.56. The highest BCUT2D eigenvalue weighted by atomic mass is 16.6. The van der Waals surface area contributed by atoms with Crippen LogP contribution in [0.1, 0.15) is 45.3 Å². The number of benzene rings is 4. The van der Waals surface area contributed by atoms with Crippen molar-refractivity contribution in [3.05, 3.63) is 154 Å². The first-order chi connectivity index (χ1) is 23.3. The van der Waals surface area contributed by atoms with Gasteiger partial charge in [0.25, 0.3) is 5.91 Å². The van der Waals surface area contributed by atoms with Crippen LogP contribution >= 0.6 is 0 Å². The molecule has 0 aliphatic carbocycles. The van der Waals surface area contributed by atoms with E-state index in [1.807, 2.05) is 84.9 Å². The van der Waals surface area contributed by atoms with Gasteiger partial charge in [0.1, 0.15) is 35.2 Å². The standard InChI is InChI=1S/C38H37N3O7/c1-25-23-41(37(44)40-35(25)39-36(43)26-13-6-4-7-14-26)34-22-31(42)33(48-34)24-47-38(27-15-8-5-9-16-27,28-17-12-18-29(21-28)45-2)30-19-10-11-20-32(30)46-3/h4-21,23,31,33-34,42H,22,24H2,1-3H3,(H,39,40,43,44)/t31-,33+,34+,38?/m0/s1. The molecule has 1 unspecified atom stereocenters. The van der Waals surface area contributed by atoms with Crippen molar-refractivity contribution < 1.29 is 28.8 Å². The van der Waals surface area contributed by atoms with E-state index in [-0.39, 0.29) is 24.8 Å². The number of hydrogen-bond donors (Lipinski definition) is 2. The maximum atomic E-state index is 13.2. The van der Waals surface area contributed by atoms with E-state index in [2.05, 4.69) is 10.3 Å². The summed E-state index contributed by atoms with van der Waals surface area (Å²) < 4.78 is 26.0. The molecule has 2 heterocycles. The van der Waals surface area contributed by atoms with Crippen LogP contribution in [0.15, 0.2) is 120 Å². The predicted octanol–water partition coefficient (Wildman–Crippen LogP) is 5.48. The Morgan fingerprint density at radius 3 is 2.35 bits per heavy atom. The Balaban J connectivity index is 1.31. The lowest BCUT2D eigenvalue weighted by atomic mass is 9.79. The van der Waals surface area contributed by atoms with Crippen LogP contribution in [0.3, 0.4) is 0 Å². The molecule has 5 aromatic rings. The van der Waals surface area contributed by atoms with Crippen molar-refractivity contribution in [1.29, 1.82) is 0 Å². The molecule has 0 saturated carbocycles. The highest BCUT2D eigenvalue weighted by molar-refractivity contribution is 6.04. The lowest BCUT2D eigenvalue weighted by Gasteiger charge is -2.37. The van der Waals surface area contributed by atoms with E-state index in [0.717, 1.165) is 16.7 Å². The van der Waals surface area contributed by atoms with Crippen LogP contribution in [0.2, 0.25) is 0 Å². The average molecular weight is 648 g/mol. The Labute approximate surface area is 278 Å². The summed E-state index contributed by atoms with van der Waals surface area (Å²) in [6.07, 6.45) is -0.827. The van der Waals surface area contributed by atoms with Gasteiger partial charge in [-0.25, -0.2) is 4.79 Å². The number of aryl methyl sites for hydroxylation is 1. The van der Waals surface area contributed by atoms with Crippen molar-refractivity contribution >= 4 is 11.7 Å². The number of aliphatic hydroxyl groups excluding tert-OH is 1. The molecule has 1 aliphatic rings. The number of ether oxygens (including phenoxy) is 4. The number of nitrogens with zero attached hydrogens (tertiary/aromatic N) is 2. The summed E-state index contributed by atoms with van der Waals surface area (Å²) >= 11 is 0. The maximum Gasteiger partial charge on any atom is 0.351 e. The fourth-order valence-corrected chi connectivity index (χ4v) is 6.08. The van der Waals surface area contributed by atoms with E-state index >= 15 is 0 Å². The summed E-state index contributed by atoms with van der Waals surface area (Å²) in [6, 6.07) is 33.7. The van der Waals surface area contributed by atoms with Crippen LogP contribution in [0.5, 0.6) is 11.5 Å². The topological polar surface area (TPSA) is 121 Å². The van der Waals surface area contributed by atoms with Crippen LogP contribution in [-0.2, 0) is 15.1 Å². The van der Waals surface area contributed by atoms with Gasteiger partial charge in [-0.15, -0.1) is 0 Å². The molecule has 1 saturated heterocycles. The van der Waals surface area contributed by atoms with Gasteiger partial charge < -0.3 is 29.4 Å². The van der Waals surface area contributed by atoms with Crippen molar-refractivity contribution in [3.8, 4) is 11.5 Å². The zero-order chi connectivity index (χ0) is 33.7. The number of nitrogens with one attached hydrogen (secondary N) is 1. The molecule has 1 aromatic heterocycles. The highest BCUT2D eigenvalue weighted by Crippen LogP contribution is 2.46. The van der Waals surface area contributed by atoms with Crippen LogP contribution in [-0.4, -0.2) is 53.6 Å². The molecule has 2 N–H and O–H groups in total. The molecule has 1 aliphatic heterocycles. The summed E-state index contributed by atoms with van der Waals surface area (Å²) in [6.45, 7) is 1.71. The molecule has 6 rings (SSSR count). The molecule has 0 spiro atoms. The van der Waals surface area contributed by atoms with Crippen LogP contribution < -0.4 is 20.5 Å². The third-order valence-electron chi connectivity index (χ3n) is 8.52. The Kier molecular flexibility index (Phi) is 9.67. The molecule has 10 nitrogen and oxygen atoms in total. The largest absolute Gasteiger partial charge is 0.497 e. The van der Waals surface area contributed by atoms with Gasteiger partial charge >= 0.3 is 5.69 Å². The zero-order valence-corrected chi connectivity index (χ0v) is 26.9. The monoisotopic (exact) mass is 647 g/mol. The molecular formula is C38H37N3O7. The number of anilines is 1. The first-order valence-electron chi connectivity index (χ1n) is 15.6. The number of para-hydroxylation sites is 1. The number of rotatable bonds is 11. The van der Waals surface area contributed by atoms with E-state index in [0.29, 0.717) is 22.6 Å². The molecule has 4 aromatic carbocycles. The fourth-order valence-electron chi connectivity index (χ4n) is 6.08. The number of hydrogen-bond acceptors (Lipinski definition) is 8. The fraction of sp³-hybridized carbons (Fsp3) is 0.237.